The average Bonchev–Trinajstić information content (AvgIpc) is 3.03. The van der Waals surface area contributed by atoms with Crippen molar-refractivity contribution in [2.45, 2.75) is 58.3 Å². The van der Waals surface area contributed by atoms with Crippen LogP contribution in [0.25, 0.3) is 11.3 Å². The lowest BCUT2D eigenvalue weighted by molar-refractivity contribution is -0.121. The summed E-state index contributed by atoms with van der Waals surface area (Å²) in [5, 5.41) is 5.77. The third-order valence-electron chi connectivity index (χ3n) is 7.07. The number of nitrogens with one attached hydrogen (secondary N) is 2. The number of rotatable bonds is 13. The minimum Gasteiger partial charge on any atom is -0.443 e. The molecule has 0 bridgehead atoms. The highest BCUT2D eigenvalue weighted by Gasteiger charge is 2.21. The van der Waals surface area contributed by atoms with E-state index in [9.17, 15) is 22.8 Å². The highest BCUT2D eigenvalue weighted by Crippen LogP contribution is 2.27. The molecule has 49 heavy (non-hydrogen) atoms. The molecule has 0 aliphatic heterocycles. The number of nitrogen functional groups attached to an aromatic ring is 2. The largest absolute Gasteiger partial charge is 0.443 e. The van der Waals surface area contributed by atoms with Gasteiger partial charge >= 0.3 is 6.09 Å². The number of carbonyl (C=O) groups is 2. The summed E-state index contributed by atoms with van der Waals surface area (Å²) in [4.78, 5) is 46.9. The Morgan fingerprint density at radius 3 is 2.41 bits per heavy atom. The van der Waals surface area contributed by atoms with E-state index in [4.69, 9.17) is 16.2 Å². The van der Waals surface area contributed by atoms with E-state index in [0.717, 1.165) is 5.56 Å². The van der Waals surface area contributed by atoms with Crippen LogP contribution in [0.3, 0.4) is 0 Å². The number of nitrogens with two attached hydrogens (primary N) is 2. The molecule has 14 heteroatoms. The van der Waals surface area contributed by atoms with E-state index < -0.39 is 33.9 Å². The molecule has 4 aromatic rings. The fourth-order valence-electron chi connectivity index (χ4n) is 4.86. The second-order valence-electron chi connectivity index (χ2n) is 12.2. The summed E-state index contributed by atoms with van der Waals surface area (Å²) in [7, 11) is -3.67. The van der Waals surface area contributed by atoms with Crippen LogP contribution < -0.4 is 27.7 Å². The minimum absolute atomic E-state index is 0.0131. The van der Waals surface area contributed by atoms with E-state index in [-0.39, 0.29) is 53.0 Å². The molecule has 2 amide bonds. The number of nitrogens with zero attached hydrogens (tertiary/aromatic N) is 3. The third-order valence-corrected chi connectivity index (χ3v) is 9.13. The number of ether oxygens (including phenoxy) is 1. The Kier molecular flexibility index (Phi) is 11.9. The highest BCUT2D eigenvalue weighted by atomic mass is 32.2. The number of hydrogen-bond donors (Lipinski definition) is 4. The normalized spacial score (nSPS) is 11.6. The van der Waals surface area contributed by atoms with Crippen LogP contribution in [0.5, 0.6) is 0 Å². The highest BCUT2D eigenvalue weighted by molar-refractivity contribution is 7.91. The van der Waals surface area contributed by atoms with Crippen molar-refractivity contribution in [2.75, 3.05) is 22.5 Å². The van der Waals surface area contributed by atoms with Crippen LogP contribution in [0.15, 0.2) is 87.6 Å². The molecular formula is C35H41N7O6S. The van der Waals surface area contributed by atoms with E-state index in [1.807, 2.05) is 44.2 Å². The van der Waals surface area contributed by atoms with Crippen molar-refractivity contribution in [2.24, 2.45) is 10.9 Å². The average molecular weight is 688 g/mol. The van der Waals surface area contributed by atoms with Gasteiger partial charge in [0.25, 0.3) is 5.56 Å². The van der Waals surface area contributed by atoms with Gasteiger partial charge in [-0.15, -0.1) is 0 Å². The summed E-state index contributed by atoms with van der Waals surface area (Å²) in [5.74, 6) is -0.655. The van der Waals surface area contributed by atoms with E-state index in [1.54, 1.807) is 32.0 Å². The molecule has 0 atom stereocenters. The van der Waals surface area contributed by atoms with Gasteiger partial charge in [0, 0.05) is 41.3 Å². The minimum atomic E-state index is -3.67. The van der Waals surface area contributed by atoms with E-state index >= 15 is 0 Å². The second-order valence-corrected chi connectivity index (χ2v) is 14.2. The van der Waals surface area contributed by atoms with Crippen LogP contribution in [0.4, 0.5) is 22.0 Å². The Morgan fingerprint density at radius 1 is 1.00 bits per heavy atom. The monoisotopic (exact) mass is 687 g/mol. The smallest absolute Gasteiger partial charge is 0.433 e. The maximum absolute atomic E-state index is 13.6. The predicted octanol–water partition coefficient (Wildman–Crippen LogP) is 4.40. The fourth-order valence-corrected chi connectivity index (χ4v) is 6.56. The van der Waals surface area contributed by atoms with Crippen molar-refractivity contribution in [1.29, 1.82) is 0 Å². The summed E-state index contributed by atoms with van der Waals surface area (Å²) in [5.41, 5.74) is 14.8. The van der Waals surface area contributed by atoms with Gasteiger partial charge < -0.3 is 26.8 Å². The van der Waals surface area contributed by atoms with Gasteiger partial charge in [0.1, 0.15) is 13.2 Å². The predicted molar refractivity (Wildman–Crippen MR) is 191 cm³/mol. The van der Waals surface area contributed by atoms with Crippen molar-refractivity contribution in [1.82, 2.24) is 14.9 Å². The summed E-state index contributed by atoms with van der Waals surface area (Å²) in [6.07, 6.45) is 1.95. The molecule has 0 unspecified atom stereocenters. The third kappa shape index (κ3) is 10.2. The number of hydrogen-bond acceptors (Lipinski definition) is 10. The molecule has 6 N–H and O–H groups in total. The zero-order chi connectivity index (χ0) is 35.7. The van der Waals surface area contributed by atoms with Gasteiger partial charge in [0.05, 0.1) is 22.5 Å². The number of aromatic nitrogens is 2. The van der Waals surface area contributed by atoms with Gasteiger partial charge in [0.2, 0.25) is 5.91 Å². The number of anilines is 3. The molecular weight excluding hydrogens is 646 g/mol. The van der Waals surface area contributed by atoms with Gasteiger partial charge in [-0.05, 0) is 55.2 Å². The first kappa shape index (κ1) is 36.3. The zero-order valence-electron chi connectivity index (χ0n) is 27.8. The molecule has 0 radical (unpaired) electrons. The Balaban J connectivity index is 1.50. The molecule has 0 saturated carbocycles. The molecule has 0 saturated heterocycles. The van der Waals surface area contributed by atoms with Gasteiger partial charge in [0.15, 0.2) is 15.7 Å². The molecule has 1 heterocycles. The number of benzene rings is 3. The molecule has 4 rings (SSSR count). The molecule has 258 valence electrons. The van der Waals surface area contributed by atoms with Crippen molar-refractivity contribution in [3.8, 4) is 11.3 Å². The lowest BCUT2D eigenvalue weighted by Gasteiger charge is -2.17. The second kappa shape index (κ2) is 16.1. The van der Waals surface area contributed by atoms with E-state index in [1.165, 1.54) is 35.2 Å². The topological polar surface area (TPSA) is 201 Å². The zero-order valence-corrected chi connectivity index (χ0v) is 28.7. The molecule has 0 spiro atoms. The molecule has 0 fully saturated rings. The van der Waals surface area contributed by atoms with Crippen molar-refractivity contribution < 1.29 is 22.7 Å². The summed E-state index contributed by atoms with van der Waals surface area (Å²) in [6, 6.07) is 18.5. The van der Waals surface area contributed by atoms with Gasteiger partial charge in [-0.3, -0.25) is 14.2 Å². The van der Waals surface area contributed by atoms with Gasteiger partial charge in [-0.1, -0.05) is 56.3 Å². The Labute approximate surface area is 285 Å². The lowest BCUT2D eigenvalue weighted by Crippen LogP contribution is -2.35. The number of amides is 2. The first-order chi connectivity index (χ1) is 23.2. The molecule has 0 aliphatic carbocycles. The Bertz CT molecular complexity index is 2010. The quantitative estimate of drug-likeness (QED) is 0.115. The van der Waals surface area contributed by atoms with Crippen LogP contribution >= 0.6 is 0 Å². The number of sulfone groups is 1. The first-order valence-corrected chi connectivity index (χ1v) is 17.3. The summed E-state index contributed by atoms with van der Waals surface area (Å²) >= 11 is 0. The fraction of sp³-hybridized carbons (Fsp3) is 0.286. The molecule has 13 nitrogen and oxygen atoms in total. The lowest BCUT2D eigenvalue weighted by atomic mass is 10.1. The standard InChI is InChI=1S/C35H41N7O6S/c1-22(2)21-49(46,47)29-14-27(13-28(36)15-29)31-18-39-33(41-23(3)4)34(44)42(31)19-32(43)38-16-25-10-11-26(30(37)12-25)17-40-35(45)48-20-24-8-6-5-7-9-24/h5-15,17-18,22-23H,16,19-21,36-37H2,1-4H3,(H,38,43)(H,39,41)/b40-17-. The van der Waals surface area contributed by atoms with Crippen LogP contribution in [-0.2, 0) is 39.1 Å². The Morgan fingerprint density at radius 2 is 1.73 bits per heavy atom. The van der Waals surface area contributed by atoms with Crippen molar-refractivity contribution >= 4 is 45.2 Å². The molecule has 0 aliphatic rings. The van der Waals surface area contributed by atoms with Gasteiger partial charge in [-0.2, -0.15) is 4.99 Å². The SMILES string of the molecule is CC(C)CS(=O)(=O)c1cc(N)cc(-c2cnc(NC(C)C)c(=O)n2CC(=O)NCc2ccc(/C=N\C(=O)OCc3ccccc3)c(N)c2)c1. The summed E-state index contributed by atoms with van der Waals surface area (Å²) < 4.78 is 32.5. The van der Waals surface area contributed by atoms with E-state index in [0.29, 0.717) is 22.4 Å². The maximum atomic E-state index is 13.6. The van der Waals surface area contributed by atoms with Crippen molar-refractivity contribution in [3.63, 3.8) is 0 Å². The number of carbonyl (C=O) groups excluding carboxylic acids is 2. The molecule has 1 aromatic heterocycles. The maximum Gasteiger partial charge on any atom is 0.433 e. The van der Waals surface area contributed by atoms with Crippen molar-refractivity contribution in [3.05, 3.63) is 100.0 Å². The van der Waals surface area contributed by atoms with Crippen LogP contribution in [-0.4, -0.2) is 48.0 Å². The van der Waals surface area contributed by atoms with Crippen LogP contribution in [0, 0.1) is 5.92 Å². The molecule has 3 aromatic carbocycles. The van der Waals surface area contributed by atoms with E-state index in [2.05, 4.69) is 20.6 Å². The number of aliphatic imine (C=N–C) groups is 1. The first-order valence-electron chi connectivity index (χ1n) is 15.6. The summed E-state index contributed by atoms with van der Waals surface area (Å²) in [6.45, 7) is 7.07. The Hall–Kier alpha value is -5.50. The van der Waals surface area contributed by atoms with Gasteiger partial charge in [-0.25, -0.2) is 18.2 Å². The van der Waals surface area contributed by atoms with Crippen LogP contribution in [0.1, 0.15) is 44.4 Å². The van der Waals surface area contributed by atoms with Crippen LogP contribution in [0.2, 0.25) is 0 Å².